The zero-order chi connectivity index (χ0) is 10.8. The molecule has 0 aromatic carbocycles. The Morgan fingerprint density at radius 2 is 2.13 bits per heavy atom. The summed E-state index contributed by atoms with van der Waals surface area (Å²) in [5.41, 5.74) is 0. The van der Waals surface area contributed by atoms with Crippen molar-refractivity contribution in [3.8, 4) is 0 Å². The van der Waals surface area contributed by atoms with Gasteiger partial charge in [-0.2, -0.15) is 5.21 Å². The molecule has 2 rings (SSSR count). The van der Waals surface area contributed by atoms with Crippen molar-refractivity contribution in [3.05, 3.63) is 5.82 Å². The number of nitrogens with one attached hydrogen (secondary N) is 1. The lowest BCUT2D eigenvalue weighted by Crippen LogP contribution is -2.48. The number of tetrazole rings is 1. The fraction of sp³-hybridized carbons (Fsp3) is 0.750. The molecule has 1 fully saturated rings. The molecule has 1 aliphatic heterocycles. The van der Waals surface area contributed by atoms with E-state index in [9.17, 15) is 4.79 Å². The monoisotopic (exact) mass is 211 g/mol. The normalized spacial score (nSPS) is 26.7. The molecule has 2 heterocycles. The van der Waals surface area contributed by atoms with E-state index in [0.717, 1.165) is 0 Å². The SMILES string of the molecule is CC1CN(C(=O)c2nn[nH]n2)CC(C)O1. The number of carbonyl (C=O) groups excluding carboxylic acids is 1. The Labute approximate surface area is 86.8 Å². The molecule has 0 spiro atoms. The number of ether oxygens (including phenoxy) is 1. The van der Waals surface area contributed by atoms with E-state index < -0.39 is 0 Å². The molecule has 1 saturated heterocycles. The lowest BCUT2D eigenvalue weighted by molar-refractivity contribution is -0.0588. The maximum Gasteiger partial charge on any atom is 0.295 e. The minimum Gasteiger partial charge on any atom is -0.372 e. The van der Waals surface area contributed by atoms with Crippen molar-refractivity contribution in [2.75, 3.05) is 13.1 Å². The van der Waals surface area contributed by atoms with Gasteiger partial charge >= 0.3 is 0 Å². The Morgan fingerprint density at radius 3 is 2.67 bits per heavy atom. The molecule has 2 unspecified atom stereocenters. The maximum absolute atomic E-state index is 11.8. The molecule has 1 aromatic heterocycles. The lowest BCUT2D eigenvalue weighted by atomic mass is 10.2. The number of morpholine rings is 1. The molecule has 1 aromatic rings. The van der Waals surface area contributed by atoms with Gasteiger partial charge in [-0.3, -0.25) is 4.79 Å². The van der Waals surface area contributed by atoms with Gasteiger partial charge in [0.15, 0.2) is 0 Å². The molecular weight excluding hydrogens is 198 g/mol. The van der Waals surface area contributed by atoms with E-state index >= 15 is 0 Å². The topological polar surface area (TPSA) is 84.0 Å². The Bertz CT molecular complexity index is 329. The Kier molecular flexibility index (Phi) is 2.63. The Hall–Kier alpha value is -1.50. The van der Waals surface area contributed by atoms with Crippen molar-refractivity contribution in [1.82, 2.24) is 25.5 Å². The molecule has 0 radical (unpaired) electrons. The average Bonchev–Trinajstić information content (AvgIpc) is 2.67. The van der Waals surface area contributed by atoms with Gasteiger partial charge in [0.2, 0.25) is 0 Å². The Morgan fingerprint density at radius 1 is 1.47 bits per heavy atom. The van der Waals surface area contributed by atoms with Gasteiger partial charge in [-0.05, 0) is 19.1 Å². The number of nitrogens with zero attached hydrogens (tertiary/aromatic N) is 4. The van der Waals surface area contributed by atoms with E-state index in [1.54, 1.807) is 4.90 Å². The van der Waals surface area contributed by atoms with Crippen LogP contribution in [0, 0.1) is 0 Å². The molecule has 2 atom stereocenters. The zero-order valence-corrected chi connectivity index (χ0v) is 8.67. The van der Waals surface area contributed by atoms with Crippen molar-refractivity contribution in [2.24, 2.45) is 0 Å². The molecule has 1 N–H and O–H groups in total. The molecule has 1 amide bonds. The zero-order valence-electron chi connectivity index (χ0n) is 8.67. The van der Waals surface area contributed by atoms with Crippen LogP contribution in [0.2, 0.25) is 0 Å². The summed E-state index contributed by atoms with van der Waals surface area (Å²) in [6, 6.07) is 0. The summed E-state index contributed by atoms with van der Waals surface area (Å²) in [6.07, 6.45) is 0.0919. The van der Waals surface area contributed by atoms with Crippen LogP contribution in [-0.4, -0.2) is 56.7 Å². The van der Waals surface area contributed by atoms with Crippen LogP contribution < -0.4 is 0 Å². The van der Waals surface area contributed by atoms with Crippen molar-refractivity contribution in [2.45, 2.75) is 26.1 Å². The second-order valence-corrected chi connectivity index (χ2v) is 3.70. The van der Waals surface area contributed by atoms with E-state index in [0.29, 0.717) is 13.1 Å². The first-order valence-corrected chi connectivity index (χ1v) is 4.85. The second kappa shape index (κ2) is 3.93. The standard InChI is InChI=1S/C8H13N5O2/c1-5-3-13(4-6(2)15-5)8(14)7-9-11-12-10-7/h5-6H,3-4H2,1-2H3,(H,9,10,11,12). The summed E-state index contributed by atoms with van der Waals surface area (Å²) in [5, 5.41) is 12.9. The molecule has 82 valence electrons. The van der Waals surface area contributed by atoms with Gasteiger partial charge in [-0.1, -0.05) is 0 Å². The van der Waals surface area contributed by atoms with E-state index in [1.165, 1.54) is 0 Å². The number of carbonyl (C=O) groups is 1. The molecule has 7 nitrogen and oxygen atoms in total. The van der Waals surface area contributed by atoms with Gasteiger partial charge in [0.05, 0.1) is 12.2 Å². The third-order valence-corrected chi connectivity index (χ3v) is 2.24. The fourth-order valence-electron chi connectivity index (χ4n) is 1.74. The van der Waals surface area contributed by atoms with Crippen LogP contribution in [0.5, 0.6) is 0 Å². The lowest BCUT2D eigenvalue weighted by Gasteiger charge is -2.34. The van der Waals surface area contributed by atoms with Crippen molar-refractivity contribution >= 4 is 5.91 Å². The van der Waals surface area contributed by atoms with E-state index in [1.807, 2.05) is 13.8 Å². The molecular formula is C8H13N5O2. The van der Waals surface area contributed by atoms with Crippen LogP contribution in [0.25, 0.3) is 0 Å². The van der Waals surface area contributed by atoms with Crippen molar-refractivity contribution < 1.29 is 9.53 Å². The second-order valence-electron chi connectivity index (χ2n) is 3.70. The van der Waals surface area contributed by atoms with Crippen LogP contribution in [0.15, 0.2) is 0 Å². The maximum atomic E-state index is 11.8. The molecule has 0 bridgehead atoms. The average molecular weight is 211 g/mol. The number of hydrogen-bond donors (Lipinski definition) is 1. The first kappa shape index (κ1) is 10.0. The Balaban J connectivity index is 2.07. The first-order chi connectivity index (χ1) is 7.16. The molecule has 15 heavy (non-hydrogen) atoms. The number of hydrogen-bond acceptors (Lipinski definition) is 5. The predicted molar refractivity (Wildman–Crippen MR) is 50.1 cm³/mol. The number of aromatic amines is 1. The summed E-state index contributed by atoms with van der Waals surface area (Å²) in [5.74, 6) is -0.0953. The highest BCUT2D eigenvalue weighted by Gasteiger charge is 2.28. The van der Waals surface area contributed by atoms with E-state index in [2.05, 4.69) is 20.6 Å². The smallest absolute Gasteiger partial charge is 0.295 e. The van der Waals surface area contributed by atoms with E-state index in [4.69, 9.17) is 4.74 Å². The van der Waals surface area contributed by atoms with Crippen LogP contribution in [-0.2, 0) is 4.74 Å². The van der Waals surface area contributed by atoms with Gasteiger partial charge in [-0.25, -0.2) is 0 Å². The molecule has 1 aliphatic rings. The number of rotatable bonds is 1. The van der Waals surface area contributed by atoms with Crippen LogP contribution >= 0.6 is 0 Å². The van der Waals surface area contributed by atoms with Gasteiger partial charge in [-0.15, -0.1) is 10.2 Å². The predicted octanol–water partition coefficient (Wildman–Crippen LogP) is -0.551. The fourth-order valence-corrected chi connectivity index (χ4v) is 1.74. The number of aromatic nitrogens is 4. The molecule has 0 aliphatic carbocycles. The largest absolute Gasteiger partial charge is 0.372 e. The highest BCUT2D eigenvalue weighted by atomic mass is 16.5. The first-order valence-electron chi connectivity index (χ1n) is 4.85. The van der Waals surface area contributed by atoms with Gasteiger partial charge < -0.3 is 9.64 Å². The summed E-state index contributed by atoms with van der Waals surface area (Å²) >= 11 is 0. The highest BCUT2D eigenvalue weighted by Crippen LogP contribution is 2.12. The van der Waals surface area contributed by atoms with E-state index in [-0.39, 0.29) is 23.9 Å². The van der Waals surface area contributed by atoms with Crippen LogP contribution in [0.3, 0.4) is 0 Å². The highest BCUT2D eigenvalue weighted by molar-refractivity contribution is 5.90. The van der Waals surface area contributed by atoms with Gasteiger partial charge in [0, 0.05) is 13.1 Å². The number of H-pyrrole nitrogens is 1. The van der Waals surface area contributed by atoms with Crippen molar-refractivity contribution in [1.29, 1.82) is 0 Å². The van der Waals surface area contributed by atoms with Crippen LogP contribution in [0.4, 0.5) is 0 Å². The minimum absolute atomic E-state index is 0.0459. The number of amides is 1. The molecule has 0 saturated carbocycles. The summed E-state index contributed by atoms with van der Waals surface area (Å²) < 4.78 is 5.53. The summed E-state index contributed by atoms with van der Waals surface area (Å²) in [6.45, 7) is 5.01. The summed E-state index contributed by atoms with van der Waals surface area (Å²) in [7, 11) is 0. The minimum atomic E-state index is -0.203. The van der Waals surface area contributed by atoms with Crippen LogP contribution in [0.1, 0.15) is 24.5 Å². The quantitative estimate of drug-likeness (QED) is 0.673. The van der Waals surface area contributed by atoms with Gasteiger partial charge in [0.1, 0.15) is 0 Å². The summed E-state index contributed by atoms with van der Waals surface area (Å²) in [4.78, 5) is 13.5. The molecule has 7 heteroatoms. The van der Waals surface area contributed by atoms with Gasteiger partial charge in [0.25, 0.3) is 11.7 Å². The third kappa shape index (κ3) is 2.12. The third-order valence-electron chi connectivity index (χ3n) is 2.24. The van der Waals surface area contributed by atoms with Crippen molar-refractivity contribution in [3.63, 3.8) is 0 Å².